The number of hydrogen-bond acceptors (Lipinski definition) is 6. The Balaban J connectivity index is 1.30. The number of amides is 1. The zero-order chi connectivity index (χ0) is 17.2. The summed E-state index contributed by atoms with van der Waals surface area (Å²) >= 11 is 0. The second-order valence-corrected chi connectivity index (χ2v) is 7.26. The average Bonchev–Trinajstić information content (AvgIpc) is 3.09. The number of aromatic nitrogens is 2. The van der Waals surface area contributed by atoms with Crippen molar-refractivity contribution in [2.24, 2.45) is 11.8 Å². The van der Waals surface area contributed by atoms with Gasteiger partial charge in [0.2, 0.25) is 0 Å². The van der Waals surface area contributed by atoms with Crippen molar-refractivity contribution in [3.63, 3.8) is 0 Å². The number of methoxy groups -OCH3 is 1. The van der Waals surface area contributed by atoms with E-state index in [1.54, 1.807) is 19.5 Å². The molecule has 1 aromatic rings. The van der Waals surface area contributed by atoms with Crippen LogP contribution in [0.25, 0.3) is 0 Å². The molecule has 0 aromatic carbocycles. The molecule has 3 fully saturated rings. The van der Waals surface area contributed by atoms with Crippen LogP contribution < -0.4 is 5.32 Å². The highest BCUT2D eigenvalue weighted by Crippen LogP contribution is 2.44. The maximum atomic E-state index is 12.5. The maximum absolute atomic E-state index is 12.5. The van der Waals surface area contributed by atoms with Gasteiger partial charge in [0.1, 0.15) is 5.69 Å². The number of piperidine rings is 1. The summed E-state index contributed by atoms with van der Waals surface area (Å²) in [5, 5.41) is 3.83. The van der Waals surface area contributed by atoms with Crippen molar-refractivity contribution in [1.29, 1.82) is 0 Å². The van der Waals surface area contributed by atoms with E-state index in [0.29, 0.717) is 35.7 Å². The molecule has 0 unspecified atom stereocenters. The predicted molar refractivity (Wildman–Crippen MR) is 91.1 cm³/mol. The van der Waals surface area contributed by atoms with Crippen molar-refractivity contribution in [1.82, 2.24) is 20.2 Å². The molecule has 136 valence electrons. The van der Waals surface area contributed by atoms with Gasteiger partial charge in [0.15, 0.2) is 0 Å². The van der Waals surface area contributed by atoms with Crippen molar-refractivity contribution in [2.75, 3.05) is 33.4 Å². The fourth-order valence-electron chi connectivity index (χ4n) is 4.56. The summed E-state index contributed by atoms with van der Waals surface area (Å²) in [7, 11) is 1.76. The van der Waals surface area contributed by atoms with E-state index in [1.807, 2.05) is 4.90 Å². The van der Waals surface area contributed by atoms with Gasteiger partial charge < -0.3 is 19.7 Å². The lowest BCUT2D eigenvalue weighted by atomic mass is 9.66. The number of nitrogens with zero attached hydrogens (tertiary/aromatic N) is 3. The predicted octanol–water partition coefficient (Wildman–Crippen LogP) is 0.721. The largest absolute Gasteiger partial charge is 0.384 e. The van der Waals surface area contributed by atoms with Crippen molar-refractivity contribution >= 4 is 5.91 Å². The highest BCUT2D eigenvalue weighted by Gasteiger charge is 2.54. The van der Waals surface area contributed by atoms with Crippen LogP contribution in [0.5, 0.6) is 0 Å². The van der Waals surface area contributed by atoms with Crippen LogP contribution >= 0.6 is 0 Å². The van der Waals surface area contributed by atoms with E-state index in [2.05, 4.69) is 15.3 Å². The molecule has 7 heteroatoms. The summed E-state index contributed by atoms with van der Waals surface area (Å²) in [6, 6.07) is 0.941. The van der Waals surface area contributed by atoms with Gasteiger partial charge in [-0.05, 0) is 19.3 Å². The second-order valence-electron chi connectivity index (χ2n) is 7.26. The first-order valence-corrected chi connectivity index (χ1v) is 9.20. The van der Waals surface area contributed by atoms with Crippen molar-refractivity contribution in [2.45, 2.75) is 37.5 Å². The molecule has 3 heterocycles. The third-order valence-corrected chi connectivity index (χ3v) is 5.88. The SMILES string of the molecule is COC[C@@H]1[C@H](NC2CCN(C(=O)c3cnccn3)CC2)[C@@H]2CCO[C@H]12. The standard InChI is InChI=1S/C18H26N4O3/c1-24-11-14-16(13-4-9-25-17(13)14)21-12-2-7-22(8-3-12)18(23)15-10-19-5-6-20-15/h5-6,10,12-14,16-17,21H,2-4,7-9,11H2,1H3/t13-,14+,16+,17-/m0/s1. The lowest BCUT2D eigenvalue weighted by molar-refractivity contribution is -0.0880. The quantitative estimate of drug-likeness (QED) is 0.847. The summed E-state index contributed by atoms with van der Waals surface area (Å²) in [5.41, 5.74) is 0.430. The number of carbonyl (C=O) groups excluding carboxylic acids is 1. The molecule has 2 aliphatic heterocycles. The van der Waals surface area contributed by atoms with Gasteiger partial charge >= 0.3 is 0 Å². The summed E-state index contributed by atoms with van der Waals surface area (Å²) < 4.78 is 11.2. The summed E-state index contributed by atoms with van der Waals surface area (Å²) in [6.07, 6.45) is 8.15. The third kappa shape index (κ3) is 3.28. The second kappa shape index (κ2) is 7.35. The number of fused-ring (bicyclic) bond motifs is 1. The zero-order valence-corrected chi connectivity index (χ0v) is 14.6. The molecule has 4 rings (SSSR count). The van der Waals surface area contributed by atoms with Gasteiger partial charge in [-0.2, -0.15) is 0 Å². The third-order valence-electron chi connectivity index (χ3n) is 5.88. The van der Waals surface area contributed by atoms with Crippen LogP contribution in [0.15, 0.2) is 18.6 Å². The highest BCUT2D eigenvalue weighted by molar-refractivity contribution is 5.92. The van der Waals surface area contributed by atoms with Gasteiger partial charge in [-0.25, -0.2) is 4.98 Å². The average molecular weight is 346 g/mol. The van der Waals surface area contributed by atoms with E-state index < -0.39 is 0 Å². The van der Waals surface area contributed by atoms with Gasteiger partial charge in [-0.1, -0.05) is 0 Å². The minimum Gasteiger partial charge on any atom is -0.384 e. The Morgan fingerprint density at radius 1 is 1.36 bits per heavy atom. The molecule has 7 nitrogen and oxygen atoms in total. The Kier molecular flexibility index (Phi) is 4.96. The van der Waals surface area contributed by atoms with Crippen LogP contribution in [0.2, 0.25) is 0 Å². The Morgan fingerprint density at radius 3 is 2.92 bits per heavy atom. The van der Waals surface area contributed by atoms with E-state index in [-0.39, 0.29) is 5.91 Å². The Morgan fingerprint density at radius 2 is 2.20 bits per heavy atom. The van der Waals surface area contributed by atoms with Crippen molar-refractivity contribution in [3.05, 3.63) is 24.3 Å². The number of carbonyl (C=O) groups is 1. The number of likely N-dealkylation sites (tertiary alicyclic amines) is 1. The molecule has 25 heavy (non-hydrogen) atoms. The number of rotatable bonds is 5. The number of hydrogen-bond donors (Lipinski definition) is 1. The van der Waals surface area contributed by atoms with Crippen LogP contribution in [-0.2, 0) is 9.47 Å². The highest BCUT2D eigenvalue weighted by atomic mass is 16.5. The molecule has 0 bridgehead atoms. The molecule has 2 saturated heterocycles. The molecule has 1 aliphatic carbocycles. The van der Waals surface area contributed by atoms with Crippen molar-refractivity contribution < 1.29 is 14.3 Å². The molecule has 0 radical (unpaired) electrons. The zero-order valence-electron chi connectivity index (χ0n) is 14.6. The van der Waals surface area contributed by atoms with E-state index in [4.69, 9.17) is 9.47 Å². The van der Waals surface area contributed by atoms with E-state index >= 15 is 0 Å². The van der Waals surface area contributed by atoms with E-state index in [1.165, 1.54) is 6.20 Å². The van der Waals surface area contributed by atoms with Gasteiger partial charge in [-0.15, -0.1) is 0 Å². The monoisotopic (exact) mass is 346 g/mol. The van der Waals surface area contributed by atoms with Crippen LogP contribution in [-0.4, -0.2) is 72.4 Å². The van der Waals surface area contributed by atoms with E-state index in [9.17, 15) is 4.79 Å². The molecular formula is C18H26N4O3. The topological polar surface area (TPSA) is 76.6 Å². The van der Waals surface area contributed by atoms with Gasteiger partial charge in [0.25, 0.3) is 5.91 Å². The Hall–Kier alpha value is -1.57. The van der Waals surface area contributed by atoms with Crippen LogP contribution in [0.4, 0.5) is 0 Å². The first-order chi connectivity index (χ1) is 12.3. The molecule has 1 saturated carbocycles. The van der Waals surface area contributed by atoms with Gasteiger partial charge in [0.05, 0.1) is 18.9 Å². The smallest absolute Gasteiger partial charge is 0.274 e. The lowest BCUT2D eigenvalue weighted by Gasteiger charge is -2.50. The van der Waals surface area contributed by atoms with Crippen LogP contribution in [0.1, 0.15) is 29.8 Å². The molecular weight excluding hydrogens is 320 g/mol. The van der Waals surface area contributed by atoms with Gasteiger partial charge in [0, 0.05) is 63.1 Å². The number of ether oxygens (including phenoxy) is 2. The Labute approximate surface area is 148 Å². The molecule has 0 spiro atoms. The van der Waals surface area contributed by atoms with Crippen LogP contribution in [0.3, 0.4) is 0 Å². The van der Waals surface area contributed by atoms with E-state index in [0.717, 1.165) is 45.6 Å². The first-order valence-electron chi connectivity index (χ1n) is 9.20. The van der Waals surface area contributed by atoms with Crippen LogP contribution in [0, 0.1) is 11.8 Å². The first kappa shape index (κ1) is 16.9. The summed E-state index contributed by atoms with van der Waals surface area (Å²) in [5.74, 6) is 1.06. The molecule has 1 amide bonds. The summed E-state index contributed by atoms with van der Waals surface area (Å²) in [4.78, 5) is 22.4. The normalized spacial score (nSPS) is 32.3. The molecule has 3 aliphatic rings. The number of nitrogens with one attached hydrogen (secondary N) is 1. The van der Waals surface area contributed by atoms with Gasteiger partial charge in [-0.3, -0.25) is 9.78 Å². The van der Waals surface area contributed by atoms with Crippen molar-refractivity contribution in [3.8, 4) is 0 Å². The maximum Gasteiger partial charge on any atom is 0.274 e. The Bertz CT molecular complexity index is 591. The summed E-state index contributed by atoms with van der Waals surface area (Å²) in [6.45, 7) is 3.15. The fraction of sp³-hybridized carbons (Fsp3) is 0.722. The minimum atomic E-state index is -0.0169. The lowest BCUT2D eigenvalue weighted by Crippen LogP contribution is -2.64. The molecule has 1 aromatic heterocycles. The fourth-order valence-corrected chi connectivity index (χ4v) is 4.56. The molecule has 4 atom stereocenters. The minimum absolute atomic E-state index is 0.0169. The molecule has 1 N–H and O–H groups in total.